The number of ether oxygens (including phenoxy) is 1. The van der Waals surface area contributed by atoms with E-state index in [1.54, 1.807) is 0 Å². The fourth-order valence-electron chi connectivity index (χ4n) is 1.91. The summed E-state index contributed by atoms with van der Waals surface area (Å²) in [4.78, 5) is 34.2. The number of carbonyl (C=O) groups excluding carboxylic acids is 2. The van der Waals surface area contributed by atoms with Crippen LogP contribution in [0, 0.1) is 15.9 Å². The van der Waals surface area contributed by atoms with E-state index in [1.165, 1.54) is 43.3 Å². The van der Waals surface area contributed by atoms with Crippen LogP contribution < -0.4 is 15.6 Å². The molecule has 2 aromatic carbocycles. The van der Waals surface area contributed by atoms with Crippen molar-refractivity contribution in [3.63, 3.8) is 0 Å². The second-order valence-electron chi connectivity index (χ2n) is 5.08. The Morgan fingerprint density at radius 2 is 1.85 bits per heavy atom. The van der Waals surface area contributed by atoms with Gasteiger partial charge in [-0.2, -0.15) is 0 Å². The highest BCUT2D eigenvalue weighted by Crippen LogP contribution is 2.23. The van der Waals surface area contributed by atoms with Crippen LogP contribution in [0.5, 0.6) is 5.75 Å². The minimum Gasteiger partial charge on any atom is -0.481 e. The number of hydrogen-bond acceptors (Lipinski definition) is 5. The standard InChI is InChI=1S/C16H13ClFN3O5/c1-9(26-12-5-3-11(18)4-6-12)15(22)19-20-16(23)13-7-2-10(17)8-14(13)21(24)25/h2-9H,1H3,(H,19,22)(H,20,23)/t9-/m1/s1. The molecule has 0 unspecified atom stereocenters. The van der Waals surface area contributed by atoms with Crippen LogP contribution in [0.25, 0.3) is 0 Å². The summed E-state index contributed by atoms with van der Waals surface area (Å²) >= 11 is 5.68. The van der Waals surface area contributed by atoms with Crippen molar-refractivity contribution in [2.45, 2.75) is 13.0 Å². The van der Waals surface area contributed by atoms with Gasteiger partial charge in [-0.25, -0.2) is 4.39 Å². The van der Waals surface area contributed by atoms with E-state index in [4.69, 9.17) is 16.3 Å². The Morgan fingerprint density at radius 1 is 1.19 bits per heavy atom. The summed E-state index contributed by atoms with van der Waals surface area (Å²) in [6.07, 6.45) is -1.01. The second kappa shape index (κ2) is 8.26. The Balaban J connectivity index is 1.97. The summed E-state index contributed by atoms with van der Waals surface area (Å²) in [5, 5.41) is 11.1. The molecule has 26 heavy (non-hydrogen) atoms. The van der Waals surface area contributed by atoms with Crippen molar-refractivity contribution in [2.24, 2.45) is 0 Å². The normalized spacial score (nSPS) is 11.3. The van der Waals surface area contributed by atoms with Gasteiger partial charge in [-0.3, -0.25) is 30.6 Å². The van der Waals surface area contributed by atoms with Gasteiger partial charge in [-0.05, 0) is 43.3 Å². The third kappa shape index (κ3) is 4.90. The molecule has 0 heterocycles. The molecule has 8 nitrogen and oxygen atoms in total. The summed E-state index contributed by atoms with van der Waals surface area (Å²) in [6, 6.07) is 8.52. The highest BCUT2D eigenvalue weighted by atomic mass is 35.5. The van der Waals surface area contributed by atoms with Crippen molar-refractivity contribution in [1.29, 1.82) is 0 Å². The van der Waals surface area contributed by atoms with E-state index in [9.17, 15) is 24.1 Å². The summed E-state index contributed by atoms with van der Waals surface area (Å²) in [5.41, 5.74) is 3.39. The number of nitrogens with one attached hydrogen (secondary N) is 2. The Labute approximate surface area is 152 Å². The van der Waals surface area contributed by atoms with Gasteiger partial charge in [0.1, 0.15) is 17.1 Å². The number of rotatable bonds is 5. The van der Waals surface area contributed by atoms with Gasteiger partial charge in [-0.15, -0.1) is 0 Å². The van der Waals surface area contributed by atoms with Crippen LogP contribution in [-0.2, 0) is 4.79 Å². The molecule has 0 saturated carbocycles. The van der Waals surface area contributed by atoms with Crippen molar-refractivity contribution in [3.05, 3.63) is 69.0 Å². The monoisotopic (exact) mass is 381 g/mol. The number of amides is 2. The molecular weight excluding hydrogens is 369 g/mol. The molecule has 0 aliphatic rings. The van der Waals surface area contributed by atoms with Crippen LogP contribution in [0.2, 0.25) is 5.02 Å². The van der Waals surface area contributed by atoms with Gasteiger partial charge in [0.15, 0.2) is 6.10 Å². The third-order valence-corrected chi connectivity index (χ3v) is 3.43. The van der Waals surface area contributed by atoms with Gasteiger partial charge < -0.3 is 4.74 Å². The molecule has 0 aliphatic carbocycles. The molecule has 0 aromatic heterocycles. The number of hydrogen-bond donors (Lipinski definition) is 2. The van der Waals surface area contributed by atoms with Crippen LogP contribution in [0.4, 0.5) is 10.1 Å². The van der Waals surface area contributed by atoms with Crippen molar-refractivity contribution < 1.29 is 23.6 Å². The van der Waals surface area contributed by atoms with Crippen LogP contribution in [0.1, 0.15) is 17.3 Å². The number of hydrazine groups is 1. The molecule has 0 bridgehead atoms. The molecule has 2 amide bonds. The number of nitrogens with zero attached hydrogens (tertiary/aromatic N) is 1. The first kappa shape index (κ1) is 19.1. The fourth-order valence-corrected chi connectivity index (χ4v) is 2.07. The molecule has 2 aromatic rings. The van der Waals surface area contributed by atoms with E-state index in [-0.39, 0.29) is 16.3 Å². The highest BCUT2D eigenvalue weighted by Gasteiger charge is 2.22. The number of benzene rings is 2. The average molecular weight is 382 g/mol. The van der Waals surface area contributed by atoms with E-state index in [0.29, 0.717) is 0 Å². The fraction of sp³-hybridized carbons (Fsp3) is 0.125. The topological polar surface area (TPSA) is 111 Å². The van der Waals surface area contributed by atoms with E-state index in [1.807, 2.05) is 0 Å². The maximum absolute atomic E-state index is 12.8. The molecule has 1 atom stereocenters. The van der Waals surface area contributed by atoms with Gasteiger partial charge >= 0.3 is 0 Å². The lowest BCUT2D eigenvalue weighted by molar-refractivity contribution is -0.385. The molecular formula is C16H13ClFN3O5. The SMILES string of the molecule is C[C@@H](Oc1ccc(F)cc1)C(=O)NNC(=O)c1ccc(Cl)cc1[N+](=O)[O-]. The molecule has 0 fully saturated rings. The van der Waals surface area contributed by atoms with Gasteiger partial charge in [0.25, 0.3) is 17.5 Å². The predicted molar refractivity (Wildman–Crippen MR) is 90.2 cm³/mol. The summed E-state index contributed by atoms with van der Waals surface area (Å²) < 4.78 is 18.1. The summed E-state index contributed by atoms with van der Waals surface area (Å²) in [6.45, 7) is 1.41. The van der Waals surface area contributed by atoms with Gasteiger partial charge in [0.2, 0.25) is 0 Å². The van der Waals surface area contributed by atoms with E-state index >= 15 is 0 Å². The lowest BCUT2D eigenvalue weighted by atomic mass is 10.2. The maximum atomic E-state index is 12.8. The van der Waals surface area contributed by atoms with E-state index in [0.717, 1.165) is 6.07 Å². The molecule has 2 rings (SSSR count). The van der Waals surface area contributed by atoms with Crippen molar-refractivity contribution in [3.8, 4) is 5.75 Å². The summed E-state index contributed by atoms with van der Waals surface area (Å²) in [7, 11) is 0. The lowest BCUT2D eigenvalue weighted by Gasteiger charge is -2.15. The van der Waals surface area contributed by atoms with E-state index < -0.39 is 34.3 Å². The van der Waals surface area contributed by atoms with Crippen LogP contribution in [-0.4, -0.2) is 22.8 Å². The van der Waals surface area contributed by atoms with Crippen molar-refractivity contribution in [1.82, 2.24) is 10.9 Å². The molecule has 136 valence electrons. The second-order valence-corrected chi connectivity index (χ2v) is 5.51. The first-order valence-corrected chi connectivity index (χ1v) is 7.62. The predicted octanol–water partition coefficient (Wildman–Crippen LogP) is 2.62. The zero-order valence-electron chi connectivity index (χ0n) is 13.4. The third-order valence-electron chi connectivity index (χ3n) is 3.20. The Kier molecular flexibility index (Phi) is 6.07. The first-order chi connectivity index (χ1) is 12.3. The number of nitro benzene ring substituents is 1. The molecule has 0 spiro atoms. The maximum Gasteiger partial charge on any atom is 0.283 e. The zero-order valence-corrected chi connectivity index (χ0v) is 14.1. The van der Waals surface area contributed by atoms with Crippen LogP contribution >= 0.6 is 11.6 Å². The number of halogens is 2. The Morgan fingerprint density at radius 3 is 2.46 bits per heavy atom. The molecule has 10 heteroatoms. The van der Waals surface area contributed by atoms with Gasteiger partial charge in [0.05, 0.1) is 4.92 Å². The number of carbonyl (C=O) groups is 2. The van der Waals surface area contributed by atoms with Crippen LogP contribution in [0.3, 0.4) is 0 Å². The van der Waals surface area contributed by atoms with E-state index in [2.05, 4.69) is 10.9 Å². The minimum absolute atomic E-state index is 0.0959. The van der Waals surface area contributed by atoms with Gasteiger partial charge in [0, 0.05) is 11.1 Å². The zero-order chi connectivity index (χ0) is 19.3. The van der Waals surface area contributed by atoms with Crippen molar-refractivity contribution in [2.75, 3.05) is 0 Å². The highest BCUT2D eigenvalue weighted by molar-refractivity contribution is 6.31. The molecule has 0 radical (unpaired) electrons. The average Bonchev–Trinajstić information content (AvgIpc) is 2.61. The Hall–Kier alpha value is -3.20. The quantitative estimate of drug-likeness (QED) is 0.611. The largest absolute Gasteiger partial charge is 0.481 e. The molecule has 0 aliphatic heterocycles. The molecule has 2 N–H and O–H groups in total. The lowest BCUT2D eigenvalue weighted by Crippen LogP contribution is -2.47. The Bertz CT molecular complexity index is 844. The molecule has 0 saturated heterocycles. The number of nitro groups is 1. The minimum atomic E-state index is -1.01. The summed E-state index contributed by atoms with van der Waals surface area (Å²) in [5.74, 6) is -1.80. The van der Waals surface area contributed by atoms with Gasteiger partial charge in [-0.1, -0.05) is 11.6 Å². The first-order valence-electron chi connectivity index (χ1n) is 7.24. The van der Waals surface area contributed by atoms with Crippen molar-refractivity contribution >= 4 is 29.1 Å². The van der Waals surface area contributed by atoms with Crippen LogP contribution in [0.15, 0.2) is 42.5 Å². The smallest absolute Gasteiger partial charge is 0.283 e.